The molecule has 1 nitrogen and oxygen atoms in total. The molecule has 0 bridgehead atoms. The Morgan fingerprint density at radius 1 is 1.26 bits per heavy atom. The maximum absolute atomic E-state index is 5.06. The normalized spacial score (nSPS) is 12.3. The van der Waals surface area contributed by atoms with Crippen molar-refractivity contribution < 1.29 is 4.74 Å². The molecule has 0 saturated heterocycles. The summed E-state index contributed by atoms with van der Waals surface area (Å²) >= 11 is 1.82. The summed E-state index contributed by atoms with van der Waals surface area (Å²) in [4.78, 5) is 2.59. The molecule has 1 aromatic rings. The van der Waals surface area contributed by atoms with Crippen LogP contribution in [-0.4, -0.2) is 13.7 Å². The molecule has 0 radical (unpaired) electrons. The minimum absolute atomic E-state index is 0.666. The number of benzene rings is 1. The van der Waals surface area contributed by atoms with Crippen LogP contribution in [0, 0.1) is 6.92 Å². The van der Waals surface area contributed by atoms with E-state index in [9.17, 15) is 0 Å². The van der Waals surface area contributed by atoms with Gasteiger partial charge in [-0.2, -0.15) is 0 Å². The molecular weight excluding hydrogens is 252 g/mol. The van der Waals surface area contributed by atoms with Crippen LogP contribution in [0.1, 0.15) is 31.7 Å². The van der Waals surface area contributed by atoms with E-state index in [1.54, 1.807) is 7.11 Å². The molecule has 0 spiro atoms. The molecule has 2 heteroatoms. The molecule has 1 aromatic carbocycles. The second-order valence-corrected chi connectivity index (χ2v) is 5.67. The highest BCUT2D eigenvalue weighted by molar-refractivity contribution is 8.03. The van der Waals surface area contributed by atoms with Crippen molar-refractivity contribution in [3.63, 3.8) is 0 Å². The van der Waals surface area contributed by atoms with Gasteiger partial charge in [0.15, 0.2) is 0 Å². The van der Waals surface area contributed by atoms with Crippen LogP contribution < -0.4 is 0 Å². The molecule has 0 atom stereocenters. The third-order valence-electron chi connectivity index (χ3n) is 2.70. The first-order valence-corrected chi connectivity index (χ1v) is 7.68. The Morgan fingerprint density at radius 3 is 2.63 bits per heavy atom. The summed E-state index contributed by atoms with van der Waals surface area (Å²) in [6.45, 7) is 5.01. The average Bonchev–Trinajstić information content (AvgIpc) is 2.41. The van der Waals surface area contributed by atoms with Crippen molar-refractivity contribution in [2.24, 2.45) is 0 Å². The zero-order valence-corrected chi connectivity index (χ0v) is 13.0. The van der Waals surface area contributed by atoms with Gasteiger partial charge in [0.2, 0.25) is 0 Å². The summed E-state index contributed by atoms with van der Waals surface area (Å²) in [5.41, 5.74) is 1.30. The Kier molecular flexibility index (Phi) is 8.35. The number of thioether (sulfide) groups is 1. The van der Waals surface area contributed by atoms with Crippen LogP contribution in [-0.2, 0) is 4.74 Å². The van der Waals surface area contributed by atoms with Gasteiger partial charge in [0.1, 0.15) is 0 Å². The number of aryl methyl sites for hydroxylation is 1. The van der Waals surface area contributed by atoms with Crippen molar-refractivity contribution in [2.75, 3.05) is 13.7 Å². The second kappa shape index (κ2) is 9.88. The van der Waals surface area contributed by atoms with E-state index in [1.807, 2.05) is 11.8 Å². The molecule has 0 N–H and O–H groups in total. The largest absolute Gasteiger partial charge is 0.381 e. The van der Waals surface area contributed by atoms with Crippen LogP contribution in [0.5, 0.6) is 0 Å². The van der Waals surface area contributed by atoms with E-state index in [2.05, 4.69) is 56.3 Å². The number of ether oxygens (including phenoxy) is 1. The fraction of sp³-hybridized carbons (Fsp3) is 0.412. The van der Waals surface area contributed by atoms with Gasteiger partial charge in [0.05, 0.1) is 6.61 Å². The summed E-state index contributed by atoms with van der Waals surface area (Å²) in [6, 6.07) is 8.67. The van der Waals surface area contributed by atoms with Gasteiger partial charge in [-0.3, -0.25) is 0 Å². The highest BCUT2D eigenvalue weighted by Crippen LogP contribution is 2.28. The zero-order chi connectivity index (χ0) is 13.9. The number of allylic oxidation sites excluding steroid dienone is 2. The second-order valence-electron chi connectivity index (χ2n) is 4.52. The lowest BCUT2D eigenvalue weighted by Crippen LogP contribution is -1.82. The van der Waals surface area contributed by atoms with Gasteiger partial charge in [-0.05, 0) is 25.5 Å². The zero-order valence-electron chi connectivity index (χ0n) is 12.2. The van der Waals surface area contributed by atoms with E-state index in [1.165, 1.54) is 28.2 Å². The smallest absolute Gasteiger partial charge is 0.0647 e. The van der Waals surface area contributed by atoms with Crippen molar-refractivity contribution in [1.82, 2.24) is 0 Å². The predicted molar refractivity (Wildman–Crippen MR) is 85.7 cm³/mol. The Labute approximate surface area is 121 Å². The van der Waals surface area contributed by atoms with E-state index in [-0.39, 0.29) is 0 Å². The van der Waals surface area contributed by atoms with Gasteiger partial charge in [-0.1, -0.05) is 67.5 Å². The van der Waals surface area contributed by atoms with E-state index < -0.39 is 0 Å². The molecule has 0 amide bonds. The fourth-order valence-electron chi connectivity index (χ4n) is 1.60. The number of hydrogen-bond donors (Lipinski definition) is 0. The van der Waals surface area contributed by atoms with Crippen molar-refractivity contribution in [1.29, 1.82) is 0 Å². The first-order valence-electron chi connectivity index (χ1n) is 6.86. The average molecular weight is 276 g/mol. The highest BCUT2D eigenvalue weighted by atomic mass is 32.2. The summed E-state index contributed by atoms with van der Waals surface area (Å²) in [5, 5.41) is 0. The quantitative estimate of drug-likeness (QED) is 0.359. The van der Waals surface area contributed by atoms with E-state index in [4.69, 9.17) is 4.74 Å². The van der Waals surface area contributed by atoms with Gasteiger partial charge in [0.25, 0.3) is 0 Å². The monoisotopic (exact) mass is 276 g/mol. The van der Waals surface area contributed by atoms with Crippen molar-refractivity contribution in [2.45, 2.75) is 38.0 Å². The molecule has 0 aliphatic heterocycles. The third kappa shape index (κ3) is 7.24. The third-order valence-corrected chi connectivity index (χ3v) is 3.75. The Bertz CT molecular complexity index is 404. The Hall–Kier alpha value is -0.990. The number of rotatable bonds is 8. The Morgan fingerprint density at radius 2 is 2.00 bits per heavy atom. The number of unbranched alkanes of at least 4 members (excludes halogenated alkanes) is 2. The van der Waals surface area contributed by atoms with E-state index in [0.29, 0.717) is 6.61 Å². The van der Waals surface area contributed by atoms with Gasteiger partial charge in [-0.25, -0.2) is 0 Å². The van der Waals surface area contributed by atoms with Crippen LogP contribution in [0.15, 0.2) is 52.3 Å². The predicted octanol–water partition coefficient (Wildman–Crippen LogP) is 5.36. The molecule has 0 saturated carbocycles. The number of hydrogen-bond acceptors (Lipinski definition) is 2. The molecule has 0 aromatic heterocycles. The molecule has 0 aliphatic carbocycles. The molecule has 19 heavy (non-hydrogen) atoms. The standard InChI is InChI=1S/C17H24OS/c1-4-5-6-8-16(9-7-14-18-3)19-17-12-10-15(2)11-13-17/h7-13H,4-6,14H2,1-3H3/b9-7+,16-8-. The summed E-state index contributed by atoms with van der Waals surface area (Å²) in [5.74, 6) is 0. The SMILES string of the molecule is CCCC/C=C(/C=C/COC)Sc1ccc(C)cc1. The lowest BCUT2D eigenvalue weighted by Gasteiger charge is -2.04. The van der Waals surface area contributed by atoms with Crippen LogP contribution in [0.4, 0.5) is 0 Å². The van der Waals surface area contributed by atoms with E-state index in [0.717, 1.165) is 6.42 Å². The van der Waals surface area contributed by atoms with Crippen LogP contribution in [0.2, 0.25) is 0 Å². The van der Waals surface area contributed by atoms with Gasteiger partial charge < -0.3 is 4.74 Å². The first kappa shape index (κ1) is 16.1. The maximum Gasteiger partial charge on any atom is 0.0647 e. The summed E-state index contributed by atoms with van der Waals surface area (Å²) < 4.78 is 5.06. The molecule has 0 heterocycles. The number of methoxy groups -OCH3 is 1. The molecule has 0 unspecified atom stereocenters. The van der Waals surface area contributed by atoms with Crippen molar-refractivity contribution in [3.8, 4) is 0 Å². The van der Waals surface area contributed by atoms with Crippen LogP contribution >= 0.6 is 11.8 Å². The van der Waals surface area contributed by atoms with Crippen molar-refractivity contribution >= 4 is 11.8 Å². The maximum atomic E-state index is 5.06. The van der Waals surface area contributed by atoms with Gasteiger partial charge >= 0.3 is 0 Å². The topological polar surface area (TPSA) is 9.23 Å². The lowest BCUT2D eigenvalue weighted by atomic mass is 10.2. The molecule has 0 aliphatic rings. The minimum atomic E-state index is 0.666. The molecule has 1 rings (SSSR count). The molecule has 104 valence electrons. The van der Waals surface area contributed by atoms with Crippen LogP contribution in [0.25, 0.3) is 0 Å². The lowest BCUT2D eigenvalue weighted by molar-refractivity contribution is 0.234. The summed E-state index contributed by atoms with van der Waals surface area (Å²) in [6.07, 6.45) is 10.2. The first-order chi connectivity index (χ1) is 9.26. The van der Waals surface area contributed by atoms with E-state index >= 15 is 0 Å². The molecular formula is C17H24OS. The summed E-state index contributed by atoms with van der Waals surface area (Å²) in [7, 11) is 1.72. The Balaban J connectivity index is 2.67. The van der Waals surface area contributed by atoms with Gasteiger partial charge in [0, 0.05) is 16.9 Å². The van der Waals surface area contributed by atoms with Crippen molar-refractivity contribution in [3.05, 3.63) is 53.0 Å². The fourth-order valence-corrected chi connectivity index (χ4v) is 2.50. The van der Waals surface area contributed by atoms with Crippen LogP contribution in [0.3, 0.4) is 0 Å². The molecule has 0 fully saturated rings. The van der Waals surface area contributed by atoms with Gasteiger partial charge in [-0.15, -0.1) is 0 Å². The minimum Gasteiger partial charge on any atom is -0.381 e. The highest BCUT2D eigenvalue weighted by Gasteiger charge is 1.97.